The quantitative estimate of drug-likeness (QED) is 0.0834. The summed E-state index contributed by atoms with van der Waals surface area (Å²) < 4.78 is 14.5. The Morgan fingerprint density at radius 1 is 0.554 bits per heavy atom. The maximum absolute atomic E-state index is 12.5. The number of carbonyl (C=O) groups is 4. The van der Waals surface area contributed by atoms with E-state index in [0.29, 0.717) is 27.7 Å². The minimum atomic E-state index is -1.20. The van der Waals surface area contributed by atoms with Crippen molar-refractivity contribution in [1.29, 1.82) is 0 Å². The van der Waals surface area contributed by atoms with Crippen LogP contribution in [-0.2, 0) is 9.47 Å². The molecule has 0 atom stereocenters. The summed E-state index contributed by atoms with van der Waals surface area (Å²) in [6, 6.07) is 25.8. The van der Waals surface area contributed by atoms with Crippen molar-refractivity contribution >= 4 is 91.7 Å². The molecule has 0 saturated carbocycles. The molecule has 4 aromatic heterocycles. The van der Waals surface area contributed by atoms with Gasteiger partial charge in [-0.3, -0.25) is 4.79 Å². The lowest BCUT2D eigenvalue weighted by Gasteiger charge is -2.11. The number of hydrogen-bond acceptors (Lipinski definition) is 21. The second kappa shape index (κ2) is 24.4. The lowest BCUT2D eigenvalue weighted by Crippen LogP contribution is -2.18. The van der Waals surface area contributed by atoms with Gasteiger partial charge in [-0.25, -0.2) is 54.3 Å². The molecule has 0 aliphatic rings. The van der Waals surface area contributed by atoms with Crippen LogP contribution in [0.15, 0.2) is 121 Å². The first-order valence-electron chi connectivity index (χ1n) is 18.3. The van der Waals surface area contributed by atoms with Crippen LogP contribution >= 0.6 is 15.9 Å². The number of amides is 1. The van der Waals surface area contributed by atoms with E-state index in [0.717, 1.165) is 11.4 Å². The van der Waals surface area contributed by atoms with E-state index >= 15 is 0 Å². The van der Waals surface area contributed by atoms with E-state index in [2.05, 4.69) is 81.2 Å². The number of carboxylic acids is 1. The summed E-state index contributed by atoms with van der Waals surface area (Å²) in [5.41, 5.74) is 23.9. The van der Waals surface area contributed by atoms with E-state index in [1.165, 1.54) is 52.3 Å². The number of nitrogens with one attached hydrogen (secondary N) is 3. The zero-order valence-electron chi connectivity index (χ0n) is 34.5. The van der Waals surface area contributed by atoms with Crippen LogP contribution in [0.4, 0.5) is 52.0 Å². The van der Waals surface area contributed by atoms with Gasteiger partial charge >= 0.3 is 17.9 Å². The Kier molecular flexibility index (Phi) is 18.2. The average Bonchev–Trinajstić information content (AvgIpc) is 3.32. The van der Waals surface area contributed by atoms with Crippen molar-refractivity contribution in [2.45, 2.75) is 0 Å². The molecule has 3 aromatic carbocycles. The number of halogens is 1. The minimum Gasteiger partial charge on any atom is -0.495 e. The molecule has 0 spiro atoms. The van der Waals surface area contributed by atoms with Gasteiger partial charge in [0, 0.05) is 23.8 Å². The lowest BCUT2D eigenvalue weighted by atomic mass is 10.2. The van der Waals surface area contributed by atoms with Crippen molar-refractivity contribution in [3.8, 4) is 5.75 Å². The fourth-order valence-corrected chi connectivity index (χ4v) is 5.02. The second-order valence-corrected chi connectivity index (χ2v) is 12.9. The van der Waals surface area contributed by atoms with Gasteiger partial charge in [0.2, 0.25) is 0 Å². The van der Waals surface area contributed by atoms with E-state index in [4.69, 9.17) is 32.8 Å². The van der Waals surface area contributed by atoms with Gasteiger partial charge in [0.1, 0.15) is 22.0 Å². The molecule has 4 heterocycles. The summed E-state index contributed by atoms with van der Waals surface area (Å²) >= 11 is 3.06. The molecule has 7 rings (SSSR count). The Labute approximate surface area is 378 Å². The molecule has 334 valence electrons. The Bertz CT molecular complexity index is 2720. The Hall–Kier alpha value is -9.06. The third kappa shape index (κ3) is 14.8. The zero-order valence-corrected chi connectivity index (χ0v) is 36.1. The van der Waals surface area contributed by atoms with Crippen molar-refractivity contribution in [2.75, 3.05) is 60.2 Å². The normalized spacial score (nSPS) is 9.78. The van der Waals surface area contributed by atoms with Crippen LogP contribution in [0, 0.1) is 0 Å². The van der Waals surface area contributed by atoms with Crippen LogP contribution in [0.3, 0.4) is 0 Å². The number of benzene rings is 3. The molecular formula is C41H40BrN15O8. The van der Waals surface area contributed by atoms with Crippen molar-refractivity contribution in [3.05, 3.63) is 143 Å². The number of anilines is 9. The third-order valence-corrected chi connectivity index (χ3v) is 8.10. The molecule has 12 N–H and O–H groups in total. The van der Waals surface area contributed by atoms with Crippen molar-refractivity contribution in [3.63, 3.8) is 0 Å². The number of esters is 2. The lowest BCUT2D eigenvalue weighted by molar-refractivity contribution is 0.0586. The minimum absolute atomic E-state index is 0.0203. The summed E-state index contributed by atoms with van der Waals surface area (Å²) in [4.78, 5) is 75.9. The molecular weight excluding hydrogens is 910 g/mol. The van der Waals surface area contributed by atoms with Gasteiger partial charge < -0.3 is 58.2 Å². The molecule has 7 aromatic rings. The number of hydrogen-bond donors (Lipinski definition) is 8. The summed E-state index contributed by atoms with van der Waals surface area (Å²) in [6.45, 7) is 0. The highest BCUT2D eigenvalue weighted by Crippen LogP contribution is 2.25. The monoisotopic (exact) mass is 949 g/mol. The maximum atomic E-state index is 12.5. The van der Waals surface area contributed by atoms with E-state index in [1.54, 1.807) is 18.2 Å². The highest BCUT2D eigenvalue weighted by atomic mass is 79.9. The molecule has 24 heteroatoms. The van der Waals surface area contributed by atoms with E-state index in [-0.39, 0.29) is 46.0 Å². The van der Waals surface area contributed by atoms with Gasteiger partial charge in [-0.15, -0.1) is 0 Å². The fourth-order valence-electron chi connectivity index (χ4n) is 4.74. The second-order valence-electron chi connectivity index (χ2n) is 12.1. The number of nitrogen functional groups attached to an aromatic ring is 4. The van der Waals surface area contributed by atoms with Gasteiger partial charge in [-0.1, -0.05) is 48.5 Å². The Morgan fingerprint density at radius 3 is 1.55 bits per heavy atom. The summed E-state index contributed by atoms with van der Waals surface area (Å²) in [6.07, 6.45) is 7.04. The molecule has 0 radical (unpaired) electrons. The topological polar surface area (TPSA) is 359 Å². The highest BCUT2D eigenvalue weighted by Gasteiger charge is 2.17. The molecule has 0 aliphatic carbocycles. The smallest absolute Gasteiger partial charge is 0.360 e. The number of nitrogens with zero attached hydrogens (tertiary/aromatic N) is 8. The molecule has 23 nitrogen and oxygen atoms in total. The molecule has 1 amide bonds. The SMILES string of the molecule is COC(=O)c1nc(Br)cnc1N.COC(=O)c1nccnc1N.COc1ccccc1NC(=O)c1nc(Nc2ccccc2)cnc1N.Nc1ncc(Nc2ccccc2)nc1C(=O)O. The van der Waals surface area contributed by atoms with Crippen molar-refractivity contribution < 1.29 is 38.5 Å². The third-order valence-electron chi connectivity index (χ3n) is 7.72. The van der Waals surface area contributed by atoms with E-state index < -0.39 is 23.8 Å². The van der Waals surface area contributed by atoms with Crippen LogP contribution in [0.2, 0.25) is 0 Å². The van der Waals surface area contributed by atoms with Gasteiger partial charge in [0.15, 0.2) is 46.0 Å². The Balaban J connectivity index is 0.000000201. The molecule has 0 unspecified atom stereocenters. The zero-order chi connectivity index (χ0) is 47.3. The largest absolute Gasteiger partial charge is 0.495 e. The van der Waals surface area contributed by atoms with Crippen LogP contribution in [0.5, 0.6) is 5.75 Å². The molecule has 0 saturated heterocycles. The highest BCUT2D eigenvalue weighted by molar-refractivity contribution is 9.10. The number of nitrogens with two attached hydrogens (primary N) is 4. The summed E-state index contributed by atoms with van der Waals surface area (Å²) in [5.74, 6) is -1.45. The summed E-state index contributed by atoms with van der Waals surface area (Å²) in [5, 5.41) is 17.6. The van der Waals surface area contributed by atoms with Crippen LogP contribution in [-0.4, -0.2) is 90.1 Å². The molecule has 65 heavy (non-hydrogen) atoms. The first-order valence-corrected chi connectivity index (χ1v) is 19.1. The number of rotatable bonds is 10. The van der Waals surface area contributed by atoms with E-state index in [9.17, 15) is 19.2 Å². The average molecular weight is 951 g/mol. The van der Waals surface area contributed by atoms with E-state index in [1.807, 2.05) is 66.7 Å². The number of aromatic nitrogens is 8. The number of carboxylic acid groups (broad SMARTS) is 1. The first-order chi connectivity index (χ1) is 31.2. The first kappa shape index (κ1) is 48.6. The van der Waals surface area contributed by atoms with Gasteiger partial charge in [-0.2, -0.15) is 0 Å². The maximum Gasteiger partial charge on any atom is 0.360 e. The number of aromatic carboxylic acids is 1. The molecule has 0 aliphatic heterocycles. The van der Waals surface area contributed by atoms with Crippen LogP contribution < -0.4 is 43.6 Å². The Morgan fingerprint density at radius 2 is 1.02 bits per heavy atom. The number of carbonyl (C=O) groups excluding carboxylic acids is 3. The van der Waals surface area contributed by atoms with Crippen molar-refractivity contribution in [2.24, 2.45) is 0 Å². The predicted octanol–water partition coefficient (Wildman–Crippen LogP) is 5.02. The number of para-hydroxylation sites is 4. The van der Waals surface area contributed by atoms with Gasteiger partial charge in [-0.05, 0) is 52.3 Å². The fraction of sp³-hybridized carbons (Fsp3) is 0.0732. The van der Waals surface area contributed by atoms with Crippen LogP contribution in [0.25, 0.3) is 0 Å². The standard InChI is InChI=1S/C18H17N5O2.C11H10N4O2.C6H6BrN3O2.C6H7N3O2/c1-25-14-10-6-5-9-13(14)22-18(24)16-17(19)20-11-15(23-16)21-12-7-3-2-4-8-12;12-10-9(11(16)17)15-8(6-13-10)14-7-4-2-1-3-5-7;1-12-6(11)4-5(8)9-2-3(7)10-4;1-11-6(10)4-5(7)9-3-2-8-4/h2-11H,1H3,(H2,19,20)(H,21,23)(H,22,24);1-6H,(H2,12,13)(H,14,15)(H,16,17);2H,1H3,(H2,8,9);2-3H,1H3,(H2,7,9). The van der Waals surface area contributed by atoms with Crippen LogP contribution in [0.1, 0.15) is 42.0 Å². The number of methoxy groups -OCH3 is 3. The molecule has 0 bridgehead atoms. The number of ether oxygens (including phenoxy) is 3. The molecule has 0 fully saturated rings. The van der Waals surface area contributed by atoms with Crippen molar-refractivity contribution in [1.82, 2.24) is 39.9 Å². The van der Waals surface area contributed by atoms with Gasteiger partial charge in [0.25, 0.3) is 5.91 Å². The summed E-state index contributed by atoms with van der Waals surface area (Å²) in [7, 11) is 4.05. The van der Waals surface area contributed by atoms with Gasteiger partial charge in [0.05, 0.1) is 45.6 Å². The predicted molar refractivity (Wildman–Crippen MR) is 244 cm³/mol.